The summed E-state index contributed by atoms with van der Waals surface area (Å²) < 4.78 is 4.99. The second-order valence-corrected chi connectivity index (χ2v) is 12.1. The molecular formula is C30H33IN2O4S. The number of methoxy groups -OCH3 is 1. The Balaban J connectivity index is 1.83. The quantitative estimate of drug-likeness (QED) is 0.220. The van der Waals surface area contributed by atoms with Gasteiger partial charge < -0.3 is 20.1 Å². The van der Waals surface area contributed by atoms with Crippen LogP contribution >= 0.6 is 34.4 Å². The molecule has 3 aromatic rings. The van der Waals surface area contributed by atoms with E-state index in [1.807, 2.05) is 84.6 Å². The number of nitrogens with zero attached hydrogens (tertiary/aromatic N) is 1. The highest BCUT2D eigenvalue weighted by atomic mass is 127. The number of halogens is 1. The van der Waals surface area contributed by atoms with Crippen molar-refractivity contribution in [2.75, 3.05) is 20.3 Å². The van der Waals surface area contributed by atoms with Crippen molar-refractivity contribution in [1.82, 2.24) is 10.2 Å². The molecule has 6 nitrogen and oxygen atoms in total. The Morgan fingerprint density at radius 1 is 1.13 bits per heavy atom. The molecule has 2 atom stereocenters. The number of carbonyl (C=O) groups excluding carboxylic acids is 2. The lowest BCUT2D eigenvalue weighted by atomic mass is 9.90. The number of rotatable bonds is 11. The first-order valence-corrected chi connectivity index (χ1v) is 14.5. The predicted octanol–water partition coefficient (Wildman–Crippen LogP) is 5.25. The molecule has 8 heteroatoms. The van der Waals surface area contributed by atoms with Gasteiger partial charge in [-0.1, -0.05) is 60.2 Å². The summed E-state index contributed by atoms with van der Waals surface area (Å²) in [5.74, 6) is -0.220. The van der Waals surface area contributed by atoms with Crippen molar-refractivity contribution >= 4 is 46.2 Å². The molecule has 0 unspecified atom stereocenters. The van der Waals surface area contributed by atoms with Gasteiger partial charge in [0, 0.05) is 35.3 Å². The van der Waals surface area contributed by atoms with E-state index in [0.29, 0.717) is 26.1 Å². The summed E-state index contributed by atoms with van der Waals surface area (Å²) in [6.45, 7) is 3.36. The number of aliphatic hydroxyl groups is 1. The zero-order valence-corrected chi connectivity index (χ0v) is 24.6. The van der Waals surface area contributed by atoms with Crippen LogP contribution in [0.2, 0.25) is 0 Å². The number of aryl methyl sites for hydroxylation is 1. The van der Waals surface area contributed by atoms with Gasteiger partial charge in [-0.3, -0.25) is 9.59 Å². The lowest BCUT2D eigenvalue weighted by molar-refractivity contribution is -0.129. The Morgan fingerprint density at radius 3 is 2.53 bits per heavy atom. The zero-order chi connectivity index (χ0) is 27.1. The van der Waals surface area contributed by atoms with E-state index in [1.54, 1.807) is 7.11 Å². The third kappa shape index (κ3) is 6.42. The van der Waals surface area contributed by atoms with Gasteiger partial charge in [0.1, 0.15) is 4.75 Å². The van der Waals surface area contributed by atoms with Crippen LogP contribution in [0.15, 0.2) is 77.7 Å². The summed E-state index contributed by atoms with van der Waals surface area (Å²) in [6.07, 6.45) is 0.763. The maximum absolute atomic E-state index is 14.2. The molecule has 4 rings (SSSR count). The smallest absolute Gasteiger partial charge is 0.239 e. The van der Waals surface area contributed by atoms with E-state index in [9.17, 15) is 14.7 Å². The minimum absolute atomic E-state index is 0.0625. The van der Waals surface area contributed by atoms with Gasteiger partial charge in [-0.15, -0.1) is 11.8 Å². The van der Waals surface area contributed by atoms with Crippen LogP contribution < -0.4 is 5.32 Å². The van der Waals surface area contributed by atoms with Crippen LogP contribution in [0.25, 0.3) is 0 Å². The van der Waals surface area contributed by atoms with Crippen LogP contribution in [0, 0.1) is 10.5 Å². The summed E-state index contributed by atoms with van der Waals surface area (Å²) in [4.78, 5) is 30.8. The van der Waals surface area contributed by atoms with Crippen molar-refractivity contribution in [1.29, 1.82) is 0 Å². The molecule has 3 aromatic carbocycles. The molecule has 0 aromatic heterocycles. The van der Waals surface area contributed by atoms with Crippen LogP contribution in [0.5, 0.6) is 0 Å². The van der Waals surface area contributed by atoms with E-state index in [2.05, 4.69) is 27.9 Å². The number of likely N-dealkylation sites (tertiary alicyclic amines) is 1. The first-order valence-electron chi connectivity index (χ1n) is 12.6. The fourth-order valence-corrected chi connectivity index (χ4v) is 7.11. The fourth-order valence-electron chi connectivity index (χ4n) is 4.82. The van der Waals surface area contributed by atoms with Crippen LogP contribution in [0.1, 0.15) is 41.1 Å². The number of nitrogens with one attached hydrogen (secondary N) is 1. The Kier molecular flexibility index (Phi) is 9.86. The third-order valence-corrected chi connectivity index (χ3v) is 9.10. The average Bonchev–Trinajstić information content (AvgIpc) is 3.19. The lowest BCUT2D eigenvalue weighted by Crippen LogP contribution is -2.48. The molecule has 1 aliphatic heterocycles. The molecule has 0 spiro atoms. The Morgan fingerprint density at radius 2 is 1.87 bits per heavy atom. The second-order valence-electron chi connectivity index (χ2n) is 9.51. The van der Waals surface area contributed by atoms with E-state index in [-0.39, 0.29) is 24.8 Å². The largest absolute Gasteiger partial charge is 0.392 e. The third-order valence-electron chi connectivity index (χ3n) is 6.74. The Hall–Kier alpha value is -2.40. The van der Waals surface area contributed by atoms with Gasteiger partial charge in [-0.2, -0.15) is 0 Å². The first kappa shape index (κ1) is 28.6. The predicted molar refractivity (Wildman–Crippen MR) is 159 cm³/mol. The first-order chi connectivity index (χ1) is 18.4. The molecule has 38 heavy (non-hydrogen) atoms. The molecule has 2 N–H and O–H groups in total. The molecule has 1 aliphatic rings. The topological polar surface area (TPSA) is 78.9 Å². The molecule has 2 amide bonds. The van der Waals surface area contributed by atoms with Crippen molar-refractivity contribution in [2.45, 2.75) is 48.6 Å². The Bertz CT molecular complexity index is 1250. The summed E-state index contributed by atoms with van der Waals surface area (Å²) in [5, 5.41) is 12.8. The van der Waals surface area contributed by atoms with Crippen molar-refractivity contribution in [3.63, 3.8) is 0 Å². The maximum atomic E-state index is 14.2. The number of hydrogen-bond donors (Lipinski definition) is 2. The van der Waals surface area contributed by atoms with E-state index in [1.165, 1.54) is 11.8 Å². The van der Waals surface area contributed by atoms with Crippen molar-refractivity contribution < 1.29 is 19.4 Å². The van der Waals surface area contributed by atoms with Gasteiger partial charge in [0.25, 0.3) is 0 Å². The highest BCUT2D eigenvalue weighted by molar-refractivity contribution is 14.1. The van der Waals surface area contributed by atoms with Crippen LogP contribution in [0.3, 0.4) is 0 Å². The van der Waals surface area contributed by atoms with Gasteiger partial charge in [0.2, 0.25) is 11.8 Å². The zero-order valence-electron chi connectivity index (χ0n) is 21.7. The number of ether oxygens (including phenoxy) is 1. The standard InChI is InChI=1S/C30H33IN2O4S/c1-21-9-12-24(13-10-21)38-30(29(36)32-15-6-16-37-2)18-27(35)33(19-22-7-4-3-5-8-22)28(30)25-14-11-23(20-34)17-26(25)31/h3-5,7-14,17,28,34H,6,15-16,18-20H2,1-2H3,(H,32,36)/t28-,30-/m1/s1. The number of hydrogen-bond acceptors (Lipinski definition) is 5. The van der Waals surface area contributed by atoms with Crippen molar-refractivity contribution in [2.24, 2.45) is 0 Å². The van der Waals surface area contributed by atoms with Crippen molar-refractivity contribution in [3.05, 3.63) is 98.6 Å². The molecule has 0 saturated carbocycles. The maximum Gasteiger partial charge on any atom is 0.239 e. The number of benzene rings is 3. The summed E-state index contributed by atoms with van der Waals surface area (Å²) in [7, 11) is 1.64. The van der Waals surface area contributed by atoms with Gasteiger partial charge in [0.15, 0.2) is 0 Å². The van der Waals surface area contributed by atoms with E-state index in [4.69, 9.17) is 4.74 Å². The van der Waals surface area contributed by atoms with Crippen molar-refractivity contribution in [3.8, 4) is 0 Å². The molecular weight excluding hydrogens is 611 g/mol. The molecule has 200 valence electrons. The second kappa shape index (κ2) is 13.1. The SMILES string of the molecule is COCCCNC(=O)[C@@]1(Sc2ccc(C)cc2)CC(=O)N(Cc2ccccc2)[C@@H]1c1ccc(CO)cc1I. The van der Waals surface area contributed by atoms with E-state index >= 15 is 0 Å². The van der Waals surface area contributed by atoms with Crippen LogP contribution in [-0.2, 0) is 27.5 Å². The molecule has 0 aliphatic carbocycles. The van der Waals surface area contributed by atoms with Gasteiger partial charge in [-0.05, 0) is 70.8 Å². The van der Waals surface area contributed by atoms with Crippen LogP contribution in [0.4, 0.5) is 0 Å². The molecule has 1 heterocycles. The highest BCUT2D eigenvalue weighted by Crippen LogP contribution is 2.54. The fraction of sp³-hybridized carbons (Fsp3) is 0.333. The van der Waals surface area contributed by atoms with Gasteiger partial charge >= 0.3 is 0 Å². The minimum Gasteiger partial charge on any atom is -0.392 e. The summed E-state index contributed by atoms with van der Waals surface area (Å²) >= 11 is 3.72. The number of amides is 2. The summed E-state index contributed by atoms with van der Waals surface area (Å²) in [5.41, 5.74) is 3.82. The average molecular weight is 645 g/mol. The van der Waals surface area contributed by atoms with E-state index in [0.717, 1.165) is 30.7 Å². The van der Waals surface area contributed by atoms with Gasteiger partial charge in [0.05, 0.1) is 19.1 Å². The monoisotopic (exact) mass is 644 g/mol. The van der Waals surface area contributed by atoms with Gasteiger partial charge in [-0.25, -0.2) is 0 Å². The molecule has 1 saturated heterocycles. The lowest BCUT2D eigenvalue weighted by Gasteiger charge is -2.37. The molecule has 1 fully saturated rings. The molecule has 0 radical (unpaired) electrons. The minimum atomic E-state index is -1.09. The van der Waals surface area contributed by atoms with Crippen LogP contribution in [-0.4, -0.2) is 46.8 Å². The normalized spacial score (nSPS) is 19.1. The number of thioether (sulfide) groups is 1. The summed E-state index contributed by atoms with van der Waals surface area (Å²) in [6, 6.07) is 23.2. The highest BCUT2D eigenvalue weighted by Gasteiger charge is 2.58. The van der Waals surface area contributed by atoms with E-state index < -0.39 is 10.8 Å². The number of aliphatic hydroxyl groups excluding tert-OH is 1. The number of carbonyl (C=O) groups is 2. The Labute approximate surface area is 242 Å². The molecule has 0 bridgehead atoms.